The molecule has 0 heterocycles. The number of hydrogen-bond acceptors (Lipinski definition) is 3. The lowest BCUT2D eigenvalue weighted by atomic mass is 10.0. The predicted molar refractivity (Wildman–Crippen MR) is 108 cm³/mol. The summed E-state index contributed by atoms with van der Waals surface area (Å²) in [7, 11) is -3.27. The summed E-state index contributed by atoms with van der Waals surface area (Å²) in [5.41, 5.74) is 5.09. The Hall–Kier alpha value is -2.59. The monoisotopic (exact) mass is 365 g/mol. The smallest absolute Gasteiger partial charge is 0.176 e. The molecule has 1 N–H and O–H groups in total. The molecule has 1 unspecified atom stereocenters. The van der Waals surface area contributed by atoms with Crippen LogP contribution in [-0.4, -0.2) is 14.7 Å². The van der Waals surface area contributed by atoms with Crippen molar-refractivity contribution in [2.24, 2.45) is 0 Å². The number of rotatable bonds is 5. The maximum Gasteiger partial charge on any atom is 0.176 e. The Balaban J connectivity index is 1.85. The minimum absolute atomic E-state index is 0.149. The second-order valence-electron chi connectivity index (χ2n) is 6.63. The highest BCUT2D eigenvalue weighted by Crippen LogP contribution is 2.29. The highest BCUT2D eigenvalue weighted by molar-refractivity contribution is 7.90. The first-order valence-electron chi connectivity index (χ1n) is 8.57. The highest BCUT2D eigenvalue weighted by Gasteiger charge is 2.14. The summed E-state index contributed by atoms with van der Waals surface area (Å²) in [4.78, 5) is 0.360. The Morgan fingerprint density at radius 1 is 0.885 bits per heavy atom. The fourth-order valence-corrected chi connectivity index (χ4v) is 3.96. The van der Waals surface area contributed by atoms with Crippen LogP contribution in [0.5, 0.6) is 0 Å². The van der Waals surface area contributed by atoms with Gasteiger partial charge < -0.3 is 5.32 Å². The Labute approximate surface area is 155 Å². The molecule has 0 fully saturated rings. The van der Waals surface area contributed by atoms with Crippen molar-refractivity contribution >= 4 is 15.5 Å². The van der Waals surface area contributed by atoms with Crippen molar-refractivity contribution in [3.8, 4) is 11.1 Å². The van der Waals surface area contributed by atoms with Crippen LogP contribution in [0.25, 0.3) is 11.1 Å². The van der Waals surface area contributed by atoms with Crippen molar-refractivity contribution in [1.29, 1.82) is 0 Å². The highest BCUT2D eigenvalue weighted by atomic mass is 32.2. The number of hydrogen-bond donors (Lipinski definition) is 1. The number of aryl methyl sites for hydroxylation is 1. The molecule has 1 atom stereocenters. The fourth-order valence-electron chi connectivity index (χ4n) is 3.05. The second-order valence-corrected chi connectivity index (χ2v) is 8.61. The number of anilines is 1. The van der Waals surface area contributed by atoms with Crippen molar-refractivity contribution in [3.63, 3.8) is 0 Å². The minimum atomic E-state index is -3.27. The van der Waals surface area contributed by atoms with Crippen LogP contribution in [0.15, 0.2) is 77.7 Å². The van der Waals surface area contributed by atoms with Gasteiger partial charge in [-0.3, -0.25) is 0 Å². The van der Waals surface area contributed by atoms with Crippen molar-refractivity contribution in [3.05, 3.63) is 83.9 Å². The molecule has 0 aliphatic rings. The molecule has 3 aromatic rings. The topological polar surface area (TPSA) is 46.2 Å². The fraction of sp³-hybridized carbons (Fsp3) is 0.182. The summed E-state index contributed by atoms with van der Waals surface area (Å²) in [5.74, 6) is 0. The molecule has 0 aromatic heterocycles. The van der Waals surface area contributed by atoms with Crippen molar-refractivity contribution in [1.82, 2.24) is 0 Å². The molecule has 0 saturated carbocycles. The van der Waals surface area contributed by atoms with Crippen molar-refractivity contribution in [2.45, 2.75) is 24.8 Å². The van der Waals surface area contributed by atoms with Gasteiger partial charge in [0.15, 0.2) is 9.84 Å². The maximum atomic E-state index is 12.0. The molecule has 3 rings (SSSR count). The van der Waals surface area contributed by atoms with Gasteiger partial charge in [0.1, 0.15) is 0 Å². The van der Waals surface area contributed by atoms with E-state index in [9.17, 15) is 8.42 Å². The lowest BCUT2D eigenvalue weighted by Crippen LogP contribution is -2.06. The Morgan fingerprint density at radius 2 is 1.58 bits per heavy atom. The molecule has 4 heteroatoms. The molecule has 134 valence electrons. The third kappa shape index (κ3) is 4.14. The molecule has 3 nitrogen and oxygen atoms in total. The molecule has 3 aromatic carbocycles. The van der Waals surface area contributed by atoms with Crippen LogP contribution in [0.2, 0.25) is 0 Å². The van der Waals surface area contributed by atoms with Crippen LogP contribution in [0.4, 0.5) is 5.69 Å². The molecular weight excluding hydrogens is 342 g/mol. The van der Waals surface area contributed by atoms with Gasteiger partial charge in [0, 0.05) is 23.5 Å². The zero-order valence-corrected chi connectivity index (χ0v) is 16.0. The largest absolute Gasteiger partial charge is 0.379 e. The van der Waals surface area contributed by atoms with Crippen LogP contribution in [-0.2, 0) is 9.84 Å². The SMILES string of the molecule is Cc1cccc(NC(C)c2ccc(-c3ccccc3S(C)(=O)=O)cc2)c1. The zero-order valence-electron chi connectivity index (χ0n) is 15.2. The summed E-state index contributed by atoms with van der Waals surface area (Å²) >= 11 is 0. The second kappa shape index (κ2) is 7.34. The lowest BCUT2D eigenvalue weighted by molar-refractivity contribution is 0.602. The van der Waals surface area contributed by atoms with Gasteiger partial charge in [-0.2, -0.15) is 0 Å². The Morgan fingerprint density at radius 3 is 2.23 bits per heavy atom. The van der Waals surface area contributed by atoms with E-state index in [4.69, 9.17) is 0 Å². The quantitative estimate of drug-likeness (QED) is 0.673. The molecule has 0 aliphatic carbocycles. The van der Waals surface area contributed by atoms with Crippen molar-refractivity contribution in [2.75, 3.05) is 11.6 Å². The first kappa shape index (κ1) is 18.2. The lowest BCUT2D eigenvalue weighted by Gasteiger charge is -2.17. The van der Waals surface area contributed by atoms with E-state index in [0.717, 1.165) is 22.4 Å². The molecule has 0 aliphatic heterocycles. The van der Waals surface area contributed by atoms with Gasteiger partial charge in [-0.1, -0.05) is 54.6 Å². The summed E-state index contributed by atoms with van der Waals surface area (Å²) in [5, 5.41) is 3.50. The average Bonchev–Trinajstić information content (AvgIpc) is 2.61. The molecular formula is C22H23NO2S. The van der Waals surface area contributed by atoms with E-state index in [1.165, 1.54) is 11.8 Å². The van der Waals surface area contributed by atoms with E-state index in [1.807, 2.05) is 42.5 Å². The minimum Gasteiger partial charge on any atom is -0.379 e. The van der Waals surface area contributed by atoms with Gasteiger partial charge in [-0.05, 0) is 48.7 Å². The zero-order chi connectivity index (χ0) is 18.7. The molecule has 0 saturated heterocycles. The van der Waals surface area contributed by atoms with Gasteiger partial charge >= 0.3 is 0 Å². The summed E-state index contributed by atoms with van der Waals surface area (Å²) in [6.07, 6.45) is 1.24. The number of benzene rings is 3. The van der Waals surface area contributed by atoms with E-state index >= 15 is 0 Å². The van der Waals surface area contributed by atoms with Gasteiger partial charge in [0.2, 0.25) is 0 Å². The number of nitrogens with one attached hydrogen (secondary N) is 1. The Kier molecular flexibility index (Phi) is 5.14. The van der Waals surface area contributed by atoms with E-state index in [0.29, 0.717) is 4.90 Å². The molecule has 0 amide bonds. The van der Waals surface area contributed by atoms with E-state index < -0.39 is 9.84 Å². The van der Waals surface area contributed by atoms with E-state index in [2.05, 4.69) is 37.4 Å². The van der Waals surface area contributed by atoms with Gasteiger partial charge in [-0.25, -0.2) is 8.42 Å². The maximum absolute atomic E-state index is 12.0. The van der Waals surface area contributed by atoms with Crippen LogP contribution >= 0.6 is 0 Å². The third-order valence-electron chi connectivity index (χ3n) is 4.41. The third-order valence-corrected chi connectivity index (χ3v) is 5.56. The predicted octanol–water partition coefficient (Wildman–Crippen LogP) is 5.24. The molecule has 0 spiro atoms. The van der Waals surface area contributed by atoms with Gasteiger partial charge in [0.25, 0.3) is 0 Å². The normalized spacial score (nSPS) is 12.6. The summed E-state index contributed by atoms with van der Waals surface area (Å²) < 4.78 is 24.0. The van der Waals surface area contributed by atoms with Crippen LogP contribution in [0.1, 0.15) is 24.1 Å². The molecule has 26 heavy (non-hydrogen) atoms. The number of sulfone groups is 1. The van der Waals surface area contributed by atoms with Gasteiger partial charge in [0.05, 0.1) is 4.90 Å². The summed E-state index contributed by atoms with van der Waals surface area (Å²) in [6, 6.07) is 23.6. The first-order chi connectivity index (χ1) is 12.3. The standard InChI is InChI=1S/C22H23NO2S/c1-16-7-6-8-20(15-16)23-17(2)18-11-13-19(14-12-18)21-9-4-5-10-22(21)26(3,24)25/h4-15,17,23H,1-3H3. The van der Waals surface area contributed by atoms with Crippen LogP contribution < -0.4 is 5.32 Å². The van der Waals surface area contributed by atoms with Crippen LogP contribution in [0.3, 0.4) is 0 Å². The Bertz CT molecular complexity index is 1010. The average molecular weight is 365 g/mol. The first-order valence-corrected chi connectivity index (χ1v) is 10.5. The molecule has 0 bridgehead atoms. The van der Waals surface area contributed by atoms with Gasteiger partial charge in [-0.15, -0.1) is 0 Å². The van der Waals surface area contributed by atoms with E-state index in [1.54, 1.807) is 12.1 Å². The van der Waals surface area contributed by atoms with E-state index in [-0.39, 0.29) is 6.04 Å². The van der Waals surface area contributed by atoms with Crippen molar-refractivity contribution < 1.29 is 8.42 Å². The summed E-state index contributed by atoms with van der Waals surface area (Å²) in [6.45, 7) is 4.19. The molecule has 0 radical (unpaired) electrons. The van der Waals surface area contributed by atoms with Crippen LogP contribution in [0, 0.1) is 6.92 Å².